The number of rotatable bonds is 5. The number of carboxylic acids is 1. The number of quaternary nitrogens is 1. The molecule has 0 spiro atoms. The lowest BCUT2D eigenvalue weighted by Gasteiger charge is -2.47. The topological polar surface area (TPSA) is 94.5 Å². The van der Waals surface area contributed by atoms with Gasteiger partial charge >= 0.3 is 0 Å². The third-order valence-electron chi connectivity index (χ3n) is 3.16. The van der Waals surface area contributed by atoms with E-state index in [1.54, 1.807) is 21.1 Å². The van der Waals surface area contributed by atoms with Gasteiger partial charge in [0.05, 0.1) is 21.1 Å². The summed E-state index contributed by atoms with van der Waals surface area (Å²) in [6, 6.07) is 0. The minimum atomic E-state index is -4.44. The van der Waals surface area contributed by atoms with Crippen molar-refractivity contribution >= 4 is 16.1 Å². The molecule has 16 heavy (non-hydrogen) atoms. The van der Waals surface area contributed by atoms with Gasteiger partial charge in [0.25, 0.3) is 10.1 Å². The number of carbonyl (C=O) groups excluding carboxylic acids is 1. The second-order valence-corrected chi connectivity index (χ2v) is 6.46. The predicted octanol–water partition coefficient (Wildman–Crippen LogP) is -1.13. The van der Waals surface area contributed by atoms with E-state index < -0.39 is 26.9 Å². The summed E-state index contributed by atoms with van der Waals surface area (Å²) in [5, 5.41) is 9.81. The van der Waals surface area contributed by atoms with E-state index in [-0.39, 0.29) is 10.9 Å². The Bertz CT molecular complexity index is 370. The summed E-state index contributed by atoms with van der Waals surface area (Å²) < 4.78 is 31.4. The molecule has 0 aromatic rings. The molecule has 0 amide bonds. The van der Waals surface area contributed by atoms with Crippen molar-refractivity contribution < 1.29 is 27.4 Å². The summed E-state index contributed by atoms with van der Waals surface area (Å²) in [5.74, 6) is -1.50. The first-order chi connectivity index (χ1) is 6.89. The van der Waals surface area contributed by atoms with Crippen LogP contribution in [0.1, 0.15) is 20.3 Å². The van der Waals surface area contributed by atoms with Crippen molar-refractivity contribution in [1.82, 2.24) is 0 Å². The van der Waals surface area contributed by atoms with Gasteiger partial charge in [0.2, 0.25) is 0 Å². The van der Waals surface area contributed by atoms with E-state index in [2.05, 4.69) is 0 Å². The third-order valence-corrected chi connectivity index (χ3v) is 4.68. The highest BCUT2D eigenvalue weighted by Gasteiger charge is 2.52. The summed E-state index contributed by atoms with van der Waals surface area (Å²) in [4.78, 5) is 11.2. The van der Waals surface area contributed by atoms with Crippen LogP contribution < -0.4 is 5.11 Å². The van der Waals surface area contributed by atoms with Crippen LogP contribution in [0.4, 0.5) is 0 Å². The fraction of sp³-hybridized carbons (Fsp3) is 0.889. The van der Waals surface area contributed by atoms with Gasteiger partial charge in [-0.25, -0.2) is 0 Å². The molecular formula is C9H19NO5S. The average molecular weight is 253 g/mol. The van der Waals surface area contributed by atoms with Gasteiger partial charge in [-0.15, -0.1) is 0 Å². The zero-order valence-electron chi connectivity index (χ0n) is 10.2. The Hall–Kier alpha value is -0.660. The van der Waals surface area contributed by atoms with Crippen LogP contribution in [0.2, 0.25) is 0 Å². The summed E-state index contributed by atoms with van der Waals surface area (Å²) in [6.45, 7) is 2.78. The minimum absolute atomic E-state index is 0.00116. The molecule has 0 aliphatic heterocycles. The molecule has 0 aliphatic rings. The normalized spacial score (nSPS) is 18.9. The molecule has 96 valence electrons. The zero-order valence-corrected chi connectivity index (χ0v) is 11.0. The molecule has 0 bridgehead atoms. The van der Waals surface area contributed by atoms with Crippen LogP contribution in [0.5, 0.6) is 0 Å². The molecule has 0 radical (unpaired) electrons. The highest BCUT2D eigenvalue weighted by Crippen LogP contribution is 2.29. The summed E-state index contributed by atoms with van der Waals surface area (Å²) in [6.07, 6.45) is -0.00116. The lowest BCUT2D eigenvalue weighted by Crippen LogP contribution is -2.71. The van der Waals surface area contributed by atoms with Gasteiger partial charge in [0.1, 0.15) is 11.2 Å². The Balaban J connectivity index is 5.81. The Kier molecular flexibility index (Phi) is 4.13. The van der Waals surface area contributed by atoms with Crippen LogP contribution in [-0.4, -0.2) is 55.4 Å². The smallest absolute Gasteiger partial charge is 0.274 e. The van der Waals surface area contributed by atoms with E-state index in [4.69, 9.17) is 4.55 Å². The standard InChI is InChI=1S/C9H19NO5S/c1-6-7(16(13,14)15)9(2,8(11)12)10(3,4)5/h7H,6H2,1-5H3,(H-,11,12,13,14,15). The van der Waals surface area contributed by atoms with Crippen molar-refractivity contribution in [2.75, 3.05) is 21.1 Å². The molecule has 0 aliphatic carbocycles. The van der Waals surface area contributed by atoms with Crippen molar-refractivity contribution in [2.24, 2.45) is 0 Å². The Morgan fingerprint density at radius 3 is 1.88 bits per heavy atom. The summed E-state index contributed by atoms with van der Waals surface area (Å²) in [7, 11) is 0.199. The van der Waals surface area contributed by atoms with Crippen molar-refractivity contribution in [3.05, 3.63) is 0 Å². The quantitative estimate of drug-likeness (QED) is 0.494. The van der Waals surface area contributed by atoms with E-state index in [0.29, 0.717) is 0 Å². The van der Waals surface area contributed by atoms with Crippen molar-refractivity contribution in [3.63, 3.8) is 0 Å². The molecule has 0 saturated heterocycles. The summed E-state index contributed by atoms with van der Waals surface area (Å²) in [5.41, 5.74) is -1.71. The van der Waals surface area contributed by atoms with Crippen molar-refractivity contribution in [1.29, 1.82) is 0 Å². The molecule has 0 aromatic carbocycles. The van der Waals surface area contributed by atoms with Crippen LogP contribution in [0.25, 0.3) is 0 Å². The molecule has 0 heterocycles. The number of likely N-dealkylation sites (N-methyl/N-ethyl adjacent to an activating group) is 1. The van der Waals surface area contributed by atoms with Crippen LogP contribution in [0.15, 0.2) is 0 Å². The molecule has 7 heteroatoms. The van der Waals surface area contributed by atoms with E-state index in [9.17, 15) is 18.3 Å². The summed E-state index contributed by atoms with van der Waals surface area (Å²) >= 11 is 0. The van der Waals surface area contributed by atoms with Gasteiger partial charge in [-0.1, -0.05) is 6.92 Å². The molecular weight excluding hydrogens is 234 g/mol. The molecule has 6 nitrogen and oxygen atoms in total. The lowest BCUT2D eigenvalue weighted by molar-refractivity contribution is -0.913. The number of hydrogen-bond acceptors (Lipinski definition) is 4. The fourth-order valence-electron chi connectivity index (χ4n) is 1.74. The molecule has 2 unspecified atom stereocenters. The lowest BCUT2D eigenvalue weighted by atomic mass is 9.92. The number of carbonyl (C=O) groups is 1. The fourth-order valence-corrected chi connectivity index (χ4v) is 3.15. The van der Waals surface area contributed by atoms with Crippen LogP contribution >= 0.6 is 0 Å². The van der Waals surface area contributed by atoms with Gasteiger partial charge < -0.3 is 14.4 Å². The second-order valence-electron chi connectivity index (χ2n) is 4.86. The third kappa shape index (κ3) is 2.53. The molecule has 0 aromatic heterocycles. The molecule has 2 atom stereocenters. The zero-order chi connectivity index (χ0) is 13.4. The number of hydrogen-bond donors (Lipinski definition) is 1. The number of aliphatic carboxylic acids is 1. The first-order valence-corrected chi connectivity index (χ1v) is 6.38. The van der Waals surface area contributed by atoms with Gasteiger partial charge in [0, 0.05) is 0 Å². The van der Waals surface area contributed by atoms with Crippen molar-refractivity contribution in [2.45, 2.75) is 31.1 Å². The van der Waals surface area contributed by atoms with Gasteiger partial charge in [-0.2, -0.15) is 8.42 Å². The van der Waals surface area contributed by atoms with E-state index in [0.717, 1.165) is 0 Å². The molecule has 0 fully saturated rings. The van der Waals surface area contributed by atoms with E-state index in [1.165, 1.54) is 13.8 Å². The van der Waals surface area contributed by atoms with Gasteiger partial charge in [0.15, 0.2) is 5.54 Å². The largest absolute Gasteiger partial charge is 0.544 e. The second kappa shape index (κ2) is 4.31. The average Bonchev–Trinajstić information content (AvgIpc) is 1.99. The Morgan fingerprint density at radius 1 is 1.44 bits per heavy atom. The maximum Gasteiger partial charge on any atom is 0.274 e. The first-order valence-electron chi connectivity index (χ1n) is 4.88. The minimum Gasteiger partial charge on any atom is -0.544 e. The van der Waals surface area contributed by atoms with Crippen molar-refractivity contribution in [3.8, 4) is 0 Å². The maximum absolute atomic E-state index is 11.2. The van der Waals surface area contributed by atoms with Crippen LogP contribution in [-0.2, 0) is 14.9 Å². The Morgan fingerprint density at radius 2 is 1.81 bits per heavy atom. The van der Waals surface area contributed by atoms with Crippen LogP contribution in [0.3, 0.4) is 0 Å². The molecule has 1 N–H and O–H groups in total. The SMILES string of the molecule is CCC(C(C)(C(=O)[O-])[N+](C)(C)C)S(=O)(=O)O. The van der Waals surface area contributed by atoms with Gasteiger partial charge in [-0.05, 0) is 13.3 Å². The first kappa shape index (κ1) is 15.3. The Labute approximate surface area is 96.2 Å². The van der Waals surface area contributed by atoms with E-state index >= 15 is 0 Å². The van der Waals surface area contributed by atoms with Crippen LogP contribution in [0, 0.1) is 0 Å². The monoisotopic (exact) mass is 253 g/mol. The highest BCUT2D eigenvalue weighted by atomic mass is 32.2. The maximum atomic E-state index is 11.2. The molecule has 0 rings (SSSR count). The number of carboxylic acid groups (broad SMARTS) is 1. The highest BCUT2D eigenvalue weighted by molar-refractivity contribution is 7.86. The van der Waals surface area contributed by atoms with E-state index in [1.807, 2.05) is 0 Å². The number of nitrogens with zero attached hydrogens (tertiary/aromatic N) is 1. The molecule has 0 saturated carbocycles. The predicted molar refractivity (Wildman–Crippen MR) is 57.1 cm³/mol. The van der Waals surface area contributed by atoms with Gasteiger partial charge in [-0.3, -0.25) is 4.55 Å².